The van der Waals surface area contributed by atoms with Gasteiger partial charge in [0.05, 0.1) is 36.6 Å². The molecule has 0 bridgehead atoms. The number of hydrogen-bond donors (Lipinski definition) is 1. The summed E-state index contributed by atoms with van der Waals surface area (Å²) < 4.78 is 13.1. The zero-order chi connectivity index (χ0) is 17.0. The van der Waals surface area contributed by atoms with E-state index >= 15 is 0 Å². The number of aromatic nitrogens is 2. The van der Waals surface area contributed by atoms with Crippen molar-refractivity contribution in [3.8, 4) is 11.5 Å². The van der Waals surface area contributed by atoms with Crippen LogP contribution in [0.1, 0.15) is 24.2 Å². The van der Waals surface area contributed by atoms with E-state index in [1.165, 1.54) is 0 Å². The van der Waals surface area contributed by atoms with Crippen molar-refractivity contribution in [3.05, 3.63) is 40.1 Å². The molecule has 1 atom stereocenters. The highest BCUT2D eigenvalue weighted by Crippen LogP contribution is 2.29. The summed E-state index contributed by atoms with van der Waals surface area (Å²) in [4.78, 5) is 12.3. The Morgan fingerprint density at radius 1 is 1.39 bits per heavy atom. The first kappa shape index (κ1) is 17.3. The fraction of sp³-hybridized carbons (Fsp3) is 0.375. The number of benzene rings is 1. The lowest BCUT2D eigenvalue weighted by Crippen LogP contribution is -2.31. The van der Waals surface area contributed by atoms with Crippen molar-refractivity contribution in [3.63, 3.8) is 0 Å². The number of nitrogens with one attached hydrogen (secondary N) is 1. The van der Waals surface area contributed by atoms with Crippen molar-refractivity contribution in [1.29, 1.82) is 0 Å². The molecule has 0 saturated carbocycles. The molecule has 1 amide bonds. The number of methoxy groups -OCH3 is 2. The van der Waals surface area contributed by atoms with Crippen molar-refractivity contribution in [2.45, 2.75) is 26.4 Å². The largest absolute Gasteiger partial charge is 0.497 e. The van der Waals surface area contributed by atoms with Crippen LogP contribution in [0.25, 0.3) is 0 Å². The van der Waals surface area contributed by atoms with E-state index in [0.717, 1.165) is 15.7 Å². The Bertz CT molecular complexity index is 700. The van der Waals surface area contributed by atoms with E-state index < -0.39 is 0 Å². The summed E-state index contributed by atoms with van der Waals surface area (Å²) in [7, 11) is 3.21. The maximum atomic E-state index is 12.3. The minimum absolute atomic E-state index is 0.124. The quantitative estimate of drug-likeness (QED) is 0.835. The number of rotatable bonds is 6. The first-order valence-corrected chi connectivity index (χ1v) is 7.94. The lowest BCUT2D eigenvalue weighted by molar-refractivity contribution is -0.122. The molecular weight excluding hydrogens is 362 g/mol. The molecule has 1 heterocycles. The molecule has 0 aliphatic carbocycles. The zero-order valence-electron chi connectivity index (χ0n) is 13.6. The summed E-state index contributed by atoms with van der Waals surface area (Å²) in [6.45, 7) is 3.97. The van der Waals surface area contributed by atoms with Crippen LogP contribution in [0.3, 0.4) is 0 Å². The van der Waals surface area contributed by atoms with Crippen LogP contribution in [-0.2, 0) is 11.3 Å². The summed E-state index contributed by atoms with van der Waals surface area (Å²) in [5.74, 6) is 1.30. The van der Waals surface area contributed by atoms with E-state index in [0.29, 0.717) is 11.5 Å². The highest BCUT2D eigenvalue weighted by atomic mass is 79.9. The van der Waals surface area contributed by atoms with Gasteiger partial charge in [-0.15, -0.1) is 0 Å². The zero-order valence-corrected chi connectivity index (χ0v) is 15.2. The van der Waals surface area contributed by atoms with Gasteiger partial charge in [0, 0.05) is 5.56 Å². The maximum Gasteiger partial charge on any atom is 0.242 e. The summed E-state index contributed by atoms with van der Waals surface area (Å²) >= 11 is 3.38. The molecule has 1 aromatic heterocycles. The highest BCUT2D eigenvalue weighted by Gasteiger charge is 2.16. The standard InChI is InChI=1S/C16H20BrN3O3/c1-10(13-7-12(22-3)5-6-15(13)23-4)19-16(21)9-20-11(2)14(17)8-18-20/h5-8,10H,9H2,1-4H3,(H,19,21). The second kappa shape index (κ2) is 7.50. The number of carbonyl (C=O) groups excluding carboxylic acids is 1. The van der Waals surface area contributed by atoms with Gasteiger partial charge in [-0.2, -0.15) is 5.10 Å². The monoisotopic (exact) mass is 381 g/mol. The van der Waals surface area contributed by atoms with Gasteiger partial charge in [0.15, 0.2) is 0 Å². The predicted molar refractivity (Wildman–Crippen MR) is 90.8 cm³/mol. The van der Waals surface area contributed by atoms with E-state index in [4.69, 9.17) is 9.47 Å². The Kier molecular flexibility index (Phi) is 5.65. The van der Waals surface area contributed by atoms with Gasteiger partial charge in [-0.05, 0) is 48.0 Å². The Morgan fingerprint density at radius 3 is 2.70 bits per heavy atom. The molecule has 0 aliphatic rings. The number of carbonyl (C=O) groups is 1. The minimum Gasteiger partial charge on any atom is -0.497 e. The van der Waals surface area contributed by atoms with Crippen molar-refractivity contribution in [2.75, 3.05) is 14.2 Å². The second-order valence-corrected chi connectivity index (χ2v) is 5.99. The summed E-state index contributed by atoms with van der Waals surface area (Å²) in [6, 6.07) is 5.29. The van der Waals surface area contributed by atoms with Gasteiger partial charge in [0.1, 0.15) is 18.0 Å². The van der Waals surface area contributed by atoms with Crippen LogP contribution in [-0.4, -0.2) is 29.9 Å². The van der Waals surface area contributed by atoms with Gasteiger partial charge in [-0.3, -0.25) is 9.48 Å². The molecule has 1 aromatic carbocycles. The molecule has 2 rings (SSSR count). The normalized spacial score (nSPS) is 11.9. The third-order valence-corrected chi connectivity index (χ3v) is 4.40. The SMILES string of the molecule is COc1ccc(OC)c(C(C)NC(=O)Cn2ncc(Br)c2C)c1. The van der Waals surface area contributed by atoms with Gasteiger partial charge >= 0.3 is 0 Å². The molecule has 6 nitrogen and oxygen atoms in total. The van der Waals surface area contributed by atoms with Crippen molar-refractivity contribution >= 4 is 21.8 Å². The molecule has 7 heteroatoms. The molecule has 0 aliphatic heterocycles. The molecule has 0 radical (unpaired) electrons. The molecule has 0 saturated heterocycles. The third kappa shape index (κ3) is 4.04. The minimum atomic E-state index is -0.216. The first-order valence-electron chi connectivity index (χ1n) is 7.15. The Balaban J connectivity index is 2.10. The van der Waals surface area contributed by atoms with E-state index in [2.05, 4.69) is 26.3 Å². The van der Waals surface area contributed by atoms with E-state index in [-0.39, 0.29) is 18.5 Å². The third-order valence-electron chi connectivity index (χ3n) is 3.62. The van der Waals surface area contributed by atoms with E-state index in [9.17, 15) is 4.79 Å². The Morgan fingerprint density at radius 2 is 2.13 bits per heavy atom. The van der Waals surface area contributed by atoms with Crippen molar-refractivity contribution < 1.29 is 14.3 Å². The van der Waals surface area contributed by atoms with Crippen LogP contribution in [0, 0.1) is 6.92 Å². The fourth-order valence-corrected chi connectivity index (χ4v) is 2.56. The number of hydrogen-bond acceptors (Lipinski definition) is 4. The Labute approximate surface area is 143 Å². The average Bonchev–Trinajstić information content (AvgIpc) is 2.86. The van der Waals surface area contributed by atoms with Crippen molar-refractivity contribution in [2.24, 2.45) is 0 Å². The molecular formula is C16H20BrN3O3. The van der Waals surface area contributed by atoms with Gasteiger partial charge in [-0.1, -0.05) is 0 Å². The molecule has 124 valence electrons. The summed E-state index contributed by atoms with van der Waals surface area (Å²) in [5.41, 5.74) is 1.77. The van der Waals surface area contributed by atoms with Crippen LogP contribution in [0.2, 0.25) is 0 Å². The average molecular weight is 382 g/mol. The van der Waals surface area contributed by atoms with Crippen LogP contribution in [0.4, 0.5) is 0 Å². The van der Waals surface area contributed by atoms with E-state index in [1.54, 1.807) is 25.1 Å². The smallest absolute Gasteiger partial charge is 0.242 e. The molecule has 0 spiro atoms. The lowest BCUT2D eigenvalue weighted by Gasteiger charge is -2.18. The number of amides is 1. The first-order chi connectivity index (χ1) is 11.0. The summed E-state index contributed by atoms with van der Waals surface area (Å²) in [6.07, 6.45) is 1.68. The molecule has 0 fully saturated rings. The van der Waals surface area contributed by atoms with Gasteiger partial charge in [-0.25, -0.2) is 0 Å². The highest BCUT2D eigenvalue weighted by molar-refractivity contribution is 9.10. The molecule has 2 aromatic rings. The molecule has 1 unspecified atom stereocenters. The summed E-state index contributed by atoms with van der Waals surface area (Å²) in [5, 5.41) is 7.12. The maximum absolute atomic E-state index is 12.3. The topological polar surface area (TPSA) is 65.4 Å². The predicted octanol–water partition coefficient (Wildman–Crippen LogP) is 2.85. The van der Waals surface area contributed by atoms with Crippen molar-refractivity contribution in [1.82, 2.24) is 15.1 Å². The van der Waals surface area contributed by atoms with Crippen LogP contribution >= 0.6 is 15.9 Å². The Hall–Kier alpha value is -2.02. The van der Waals surface area contributed by atoms with E-state index in [1.807, 2.05) is 32.0 Å². The lowest BCUT2D eigenvalue weighted by atomic mass is 10.1. The van der Waals surface area contributed by atoms with Crippen LogP contribution in [0.5, 0.6) is 11.5 Å². The molecule has 23 heavy (non-hydrogen) atoms. The van der Waals surface area contributed by atoms with Gasteiger partial charge in [0.25, 0.3) is 0 Å². The van der Waals surface area contributed by atoms with Crippen LogP contribution in [0.15, 0.2) is 28.9 Å². The molecule has 1 N–H and O–H groups in total. The fourth-order valence-electron chi connectivity index (χ4n) is 2.26. The van der Waals surface area contributed by atoms with Gasteiger partial charge < -0.3 is 14.8 Å². The van der Waals surface area contributed by atoms with Gasteiger partial charge in [0.2, 0.25) is 5.91 Å². The number of ether oxygens (including phenoxy) is 2. The number of halogens is 1. The second-order valence-electron chi connectivity index (χ2n) is 5.13. The van der Waals surface area contributed by atoms with Crippen LogP contribution < -0.4 is 14.8 Å². The number of nitrogens with zero attached hydrogens (tertiary/aromatic N) is 2.